The van der Waals surface area contributed by atoms with Gasteiger partial charge in [0.05, 0.1) is 18.8 Å². The van der Waals surface area contributed by atoms with Gasteiger partial charge >= 0.3 is 0 Å². The highest BCUT2D eigenvalue weighted by Crippen LogP contribution is 2.11. The zero-order valence-electron chi connectivity index (χ0n) is 27.8. The van der Waals surface area contributed by atoms with Crippen molar-refractivity contribution in [2.24, 2.45) is 0 Å². The van der Waals surface area contributed by atoms with E-state index in [1.165, 1.54) is 96.3 Å². The third kappa shape index (κ3) is 29.8. The standard InChI is InChI=1S/C38H69NO3/c1-3-5-7-9-11-13-15-17-19-21-23-25-27-29-31-33-37(41)36(35-40)39-38(42)34-32-30-28-26-24-22-20-18-16-14-12-10-8-6-4-2/h15,17-18,20,23,25,31,33,36-37,40-41H,3-14,16,19,21-22,24,26-30,32,34-35H2,1-2H3,(H,39,42)/b17-15+,20-18-,25-23+,33-31+. The summed E-state index contributed by atoms with van der Waals surface area (Å²) >= 11 is 0. The molecular weight excluding hydrogens is 518 g/mol. The van der Waals surface area contributed by atoms with E-state index in [1.807, 2.05) is 6.08 Å². The van der Waals surface area contributed by atoms with E-state index in [4.69, 9.17) is 0 Å². The van der Waals surface area contributed by atoms with Crippen molar-refractivity contribution < 1.29 is 15.0 Å². The number of amides is 1. The van der Waals surface area contributed by atoms with Crippen LogP contribution in [0.25, 0.3) is 0 Å². The quantitative estimate of drug-likeness (QED) is 0.0558. The number of unbranched alkanes of at least 4 members (excludes halogenated alkanes) is 18. The van der Waals surface area contributed by atoms with Gasteiger partial charge in [0.25, 0.3) is 0 Å². The van der Waals surface area contributed by atoms with Gasteiger partial charge in [0.15, 0.2) is 0 Å². The first-order chi connectivity index (χ1) is 20.7. The lowest BCUT2D eigenvalue weighted by molar-refractivity contribution is -0.123. The van der Waals surface area contributed by atoms with Crippen molar-refractivity contribution in [2.45, 2.75) is 180 Å². The molecule has 0 rings (SSSR count). The Balaban J connectivity index is 3.74. The fourth-order valence-electron chi connectivity index (χ4n) is 4.97. The summed E-state index contributed by atoms with van der Waals surface area (Å²) in [7, 11) is 0. The summed E-state index contributed by atoms with van der Waals surface area (Å²) in [4.78, 5) is 12.3. The molecule has 3 N–H and O–H groups in total. The first kappa shape index (κ1) is 40.4. The lowest BCUT2D eigenvalue weighted by Crippen LogP contribution is -2.45. The van der Waals surface area contributed by atoms with E-state index in [9.17, 15) is 15.0 Å². The monoisotopic (exact) mass is 588 g/mol. The van der Waals surface area contributed by atoms with Gasteiger partial charge in [-0.1, -0.05) is 140 Å². The van der Waals surface area contributed by atoms with Crippen LogP contribution in [0.4, 0.5) is 0 Å². The van der Waals surface area contributed by atoms with E-state index in [-0.39, 0.29) is 12.5 Å². The van der Waals surface area contributed by atoms with Crippen LogP contribution < -0.4 is 5.32 Å². The molecule has 0 aliphatic rings. The lowest BCUT2D eigenvalue weighted by Gasteiger charge is -2.19. The van der Waals surface area contributed by atoms with Gasteiger partial charge in [-0.3, -0.25) is 4.79 Å². The van der Waals surface area contributed by atoms with Crippen molar-refractivity contribution in [1.82, 2.24) is 5.32 Å². The van der Waals surface area contributed by atoms with Gasteiger partial charge in [-0.25, -0.2) is 0 Å². The average molecular weight is 588 g/mol. The Labute approximate surface area is 261 Å². The average Bonchev–Trinajstić information content (AvgIpc) is 2.99. The van der Waals surface area contributed by atoms with E-state index in [0.717, 1.165) is 51.4 Å². The molecular formula is C38H69NO3. The molecule has 244 valence electrons. The number of hydrogen-bond acceptors (Lipinski definition) is 3. The van der Waals surface area contributed by atoms with Crippen LogP contribution in [0, 0.1) is 0 Å². The summed E-state index contributed by atoms with van der Waals surface area (Å²) in [6, 6.07) is -0.647. The highest BCUT2D eigenvalue weighted by Gasteiger charge is 2.17. The molecule has 0 aromatic rings. The molecule has 0 fully saturated rings. The van der Waals surface area contributed by atoms with Crippen LogP contribution in [-0.2, 0) is 4.79 Å². The van der Waals surface area contributed by atoms with Crippen molar-refractivity contribution in [3.8, 4) is 0 Å². The van der Waals surface area contributed by atoms with Gasteiger partial charge in [-0.2, -0.15) is 0 Å². The Morgan fingerprint density at radius 2 is 0.929 bits per heavy atom. The summed E-state index contributed by atoms with van der Waals surface area (Å²) in [5, 5.41) is 22.8. The zero-order chi connectivity index (χ0) is 30.8. The fourth-order valence-corrected chi connectivity index (χ4v) is 4.97. The van der Waals surface area contributed by atoms with Crippen LogP contribution >= 0.6 is 0 Å². The van der Waals surface area contributed by atoms with Crippen LogP contribution in [0.2, 0.25) is 0 Å². The Morgan fingerprint density at radius 1 is 0.548 bits per heavy atom. The molecule has 0 aromatic heterocycles. The first-order valence-electron chi connectivity index (χ1n) is 17.9. The van der Waals surface area contributed by atoms with Crippen molar-refractivity contribution in [3.63, 3.8) is 0 Å². The predicted molar refractivity (Wildman–Crippen MR) is 184 cm³/mol. The largest absolute Gasteiger partial charge is 0.394 e. The van der Waals surface area contributed by atoms with Crippen LogP contribution in [0.5, 0.6) is 0 Å². The minimum atomic E-state index is -0.871. The molecule has 2 unspecified atom stereocenters. The third-order valence-corrected chi connectivity index (χ3v) is 7.76. The van der Waals surface area contributed by atoms with Gasteiger partial charge in [-0.05, 0) is 70.6 Å². The molecule has 1 amide bonds. The van der Waals surface area contributed by atoms with Crippen LogP contribution in [0.1, 0.15) is 168 Å². The molecule has 4 nitrogen and oxygen atoms in total. The van der Waals surface area contributed by atoms with Crippen molar-refractivity contribution in [1.29, 1.82) is 0 Å². The highest BCUT2D eigenvalue weighted by atomic mass is 16.3. The Hall–Kier alpha value is -1.65. The van der Waals surface area contributed by atoms with Gasteiger partial charge in [0.1, 0.15) is 0 Å². The Bertz CT molecular complexity index is 682. The molecule has 42 heavy (non-hydrogen) atoms. The second-order valence-corrected chi connectivity index (χ2v) is 11.9. The summed E-state index contributed by atoms with van der Waals surface area (Å²) in [5.74, 6) is -0.0902. The molecule has 0 aromatic carbocycles. The fraction of sp³-hybridized carbons (Fsp3) is 0.763. The maximum Gasteiger partial charge on any atom is 0.220 e. The molecule has 0 spiro atoms. The van der Waals surface area contributed by atoms with Gasteiger partial charge in [-0.15, -0.1) is 0 Å². The van der Waals surface area contributed by atoms with E-state index in [0.29, 0.717) is 6.42 Å². The maximum atomic E-state index is 12.3. The normalized spacial score (nSPS) is 13.7. The topological polar surface area (TPSA) is 69.6 Å². The molecule has 0 radical (unpaired) electrons. The van der Waals surface area contributed by atoms with Gasteiger partial charge in [0, 0.05) is 6.42 Å². The summed E-state index contributed by atoms with van der Waals surface area (Å²) < 4.78 is 0. The van der Waals surface area contributed by atoms with E-state index < -0.39 is 12.1 Å². The first-order valence-corrected chi connectivity index (χ1v) is 17.9. The number of aliphatic hydroxyl groups is 2. The van der Waals surface area contributed by atoms with E-state index in [1.54, 1.807) is 6.08 Å². The van der Waals surface area contributed by atoms with Crippen molar-refractivity contribution in [3.05, 3.63) is 48.6 Å². The number of carbonyl (C=O) groups is 1. The number of rotatable bonds is 31. The number of aliphatic hydroxyl groups excluding tert-OH is 2. The molecule has 2 atom stereocenters. The van der Waals surface area contributed by atoms with Crippen LogP contribution in [-0.4, -0.2) is 34.9 Å². The van der Waals surface area contributed by atoms with Crippen LogP contribution in [0.15, 0.2) is 48.6 Å². The predicted octanol–water partition coefficient (Wildman–Crippen LogP) is 10.5. The summed E-state index contributed by atoms with van der Waals surface area (Å²) in [6.45, 7) is 4.25. The second-order valence-electron chi connectivity index (χ2n) is 11.9. The summed E-state index contributed by atoms with van der Waals surface area (Å²) in [6.07, 6.45) is 44.7. The van der Waals surface area contributed by atoms with Crippen LogP contribution in [0.3, 0.4) is 0 Å². The van der Waals surface area contributed by atoms with Gasteiger partial charge in [0.2, 0.25) is 5.91 Å². The molecule has 0 saturated carbocycles. The zero-order valence-corrected chi connectivity index (χ0v) is 27.8. The highest BCUT2D eigenvalue weighted by molar-refractivity contribution is 5.76. The lowest BCUT2D eigenvalue weighted by atomic mass is 10.1. The minimum absolute atomic E-state index is 0.0902. The maximum absolute atomic E-state index is 12.3. The van der Waals surface area contributed by atoms with E-state index >= 15 is 0 Å². The van der Waals surface area contributed by atoms with E-state index in [2.05, 4.69) is 55.6 Å². The number of allylic oxidation sites excluding steroid dienone is 7. The van der Waals surface area contributed by atoms with Crippen molar-refractivity contribution in [2.75, 3.05) is 6.61 Å². The molecule has 4 heteroatoms. The Kier molecular flexibility index (Phi) is 32.5. The van der Waals surface area contributed by atoms with Crippen molar-refractivity contribution >= 4 is 5.91 Å². The molecule has 0 aliphatic heterocycles. The molecule has 0 aliphatic carbocycles. The Morgan fingerprint density at radius 3 is 1.38 bits per heavy atom. The summed E-state index contributed by atoms with van der Waals surface area (Å²) in [5.41, 5.74) is 0. The molecule has 0 bridgehead atoms. The number of carbonyl (C=O) groups excluding carboxylic acids is 1. The second kappa shape index (κ2) is 33.8. The minimum Gasteiger partial charge on any atom is -0.394 e. The third-order valence-electron chi connectivity index (χ3n) is 7.76. The molecule has 0 saturated heterocycles. The number of nitrogens with one attached hydrogen (secondary N) is 1. The smallest absolute Gasteiger partial charge is 0.220 e. The van der Waals surface area contributed by atoms with Gasteiger partial charge < -0.3 is 15.5 Å². The SMILES string of the molecule is CCCCCCC/C=C/CC/C=C/CC/C=C/C(O)C(CO)NC(=O)CCCCCCC/C=C\CCCCCCCC. The molecule has 0 heterocycles. The number of hydrogen-bond donors (Lipinski definition) is 3.